The molecule has 0 amide bonds. The highest BCUT2D eigenvalue weighted by Crippen LogP contribution is 2.31. The average molecular weight is 351 g/mol. The number of sulfonamides is 1. The Morgan fingerprint density at radius 1 is 1.21 bits per heavy atom. The van der Waals surface area contributed by atoms with Crippen LogP contribution in [0, 0.1) is 11.7 Å². The van der Waals surface area contributed by atoms with Gasteiger partial charge in [0.15, 0.2) is 5.82 Å². The molecule has 1 aliphatic heterocycles. The maximum atomic E-state index is 14.8. The molecule has 1 saturated heterocycles. The zero-order valence-corrected chi connectivity index (χ0v) is 14.0. The molecule has 7 heteroatoms. The van der Waals surface area contributed by atoms with Crippen molar-refractivity contribution in [3.63, 3.8) is 0 Å². The van der Waals surface area contributed by atoms with Gasteiger partial charge in [-0.2, -0.15) is 4.31 Å². The molecule has 0 spiro atoms. The number of fused-ring (bicyclic) bond motifs is 1. The van der Waals surface area contributed by atoms with E-state index in [1.165, 1.54) is 12.1 Å². The first kappa shape index (κ1) is 16.9. The molecule has 1 N–H and O–H groups in total. The Labute approximate surface area is 139 Å². The summed E-state index contributed by atoms with van der Waals surface area (Å²) in [5.74, 6) is -2.58. The number of benzene rings is 2. The smallest absolute Gasteiger partial charge is 0.307 e. The third kappa shape index (κ3) is 2.78. The summed E-state index contributed by atoms with van der Waals surface area (Å²) in [6.07, 6.45) is 0.855. The van der Waals surface area contributed by atoms with E-state index in [1.807, 2.05) is 0 Å². The van der Waals surface area contributed by atoms with Crippen molar-refractivity contribution >= 4 is 26.8 Å². The number of hydrogen-bond donors (Lipinski definition) is 1. The van der Waals surface area contributed by atoms with E-state index in [4.69, 9.17) is 0 Å². The molecule has 1 fully saturated rings. The molecule has 1 heterocycles. The Hall–Kier alpha value is -1.99. The summed E-state index contributed by atoms with van der Waals surface area (Å²) in [6.45, 7) is 1.58. The van der Waals surface area contributed by atoms with Gasteiger partial charge in [0, 0.05) is 18.0 Å². The van der Waals surface area contributed by atoms with Crippen LogP contribution in [0.2, 0.25) is 0 Å². The van der Waals surface area contributed by atoms with Crippen LogP contribution < -0.4 is 0 Å². The van der Waals surface area contributed by atoms with Gasteiger partial charge >= 0.3 is 5.97 Å². The normalized spacial score (nSPS) is 22.6. The zero-order valence-electron chi connectivity index (χ0n) is 13.1. The molecule has 24 heavy (non-hydrogen) atoms. The van der Waals surface area contributed by atoms with Crippen LogP contribution in [0.25, 0.3) is 10.8 Å². The number of halogens is 1. The largest absolute Gasteiger partial charge is 0.481 e. The van der Waals surface area contributed by atoms with Gasteiger partial charge in [-0.3, -0.25) is 4.79 Å². The van der Waals surface area contributed by atoms with E-state index in [0.29, 0.717) is 18.2 Å². The van der Waals surface area contributed by atoms with Gasteiger partial charge < -0.3 is 5.11 Å². The van der Waals surface area contributed by atoms with E-state index in [0.717, 1.165) is 4.31 Å². The van der Waals surface area contributed by atoms with Crippen LogP contribution in [0.4, 0.5) is 4.39 Å². The maximum absolute atomic E-state index is 14.8. The number of piperidine rings is 1. The number of carbonyl (C=O) groups is 1. The molecule has 2 aromatic rings. The summed E-state index contributed by atoms with van der Waals surface area (Å²) >= 11 is 0. The lowest BCUT2D eigenvalue weighted by Crippen LogP contribution is -2.47. The SMILES string of the molecule is CC1CCC(C(=O)O)CN1S(=O)(=O)c1ccc2ccccc2c1F. The molecule has 0 bridgehead atoms. The van der Waals surface area contributed by atoms with E-state index in [2.05, 4.69) is 0 Å². The average Bonchev–Trinajstić information content (AvgIpc) is 2.55. The Kier molecular flexibility index (Phi) is 4.31. The summed E-state index contributed by atoms with van der Waals surface area (Å²) < 4.78 is 41.7. The molecule has 2 atom stereocenters. The van der Waals surface area contributed by atoms with E-state index in [9.17, 15) is 22.7 Å². The van der Waals surface area contributed by atoms with E-state index in [1.54, 1.807) is 31.2 Å². The number of aliphatic carboxylic acids is 1. The van der Waals surface area contributed by atoms with Crippen molar-refractivity contribution in [1.82, 2.24) is 4.31 Å². The second-order valence-corrected chi connectivity index (χ2v) is 7.99. The first-order chi connectivity index (χ1) is 11.3. The second-order valence-electron chi connectivity index (χ2n) is 6.14. The number of hydrogen-bond acceptors (Lipinski definition) is 3. The Bertz CT molecular complexity index is 897. The van der Waals surface area contributed by atoms with Crippen molar-refractivity contribution in [3.05, 3.63) is 42.2 Å². The molecule has 2 aromatic carbocycles. The monoisotopic (exact) mass is 351 g/mol. The van der Waals surface area contributed by atoms with Gasteiger partial charge in [0.2, 0.25) is 10.0 Å². The number of rotatable bonds is 3. The van der Waals surface area contributed by atoms with Gasteiger partial charge in [-0.1, -0.05) is 30.3 Å². The standard InChI is InChI=1S/C17H18FNO4S/c1-11-6-7-13(17(20)21)10-19(11)24(22,23)15-9-8-12-4-2-3-5-14(12)16(15)18/h2-5,8-9,11,13H,6-7,10H2,1H3,(H,20,21). The lowest BCUT2D eigenvalue weighted by Gasteiger charge is -2.35. The van der Waals surface area contributed by atoms with Crippen LogP contribution in [-0.2, 0) is 14.8 Å². The van der Waals surface area contributed by atoms with Gasteiger partial charge in [-0.15, -0.1) is 0 Å². The molecule has 0 saturated carbocycles. The fourth-order valence-corrected chi connectivity index (χ4v) is 4.94. The van der Waals surface area contributed by atoms with Crippen LogP contribution in [0.15, 0.2) is 41.3 Å². The Balaban J connectivity index is 2.07. The highest BCUT2D eigenvalue weighted by molar-refractivity contribution is 7.89. The second kappa shape index (κ2) is 6.14. The third-order valence-electron chi connectivity index (χ3n) is 4.59. The molecule has 5 nitrogen and oxygen atoms in total. The van der Waals surface area contributed by atoms with Crippen LogP contribution in [0.3, 0.4) is 0 Å². The molecular weight excluding hydrogens is 333 g/mol. The van der Waals surface area contributed by atoms with E-state index < -0.39 is 32.6 Å². The van der Waals surface area contributed by atoms with Crippen LogP contribution in [0.5, 0.6) is 0 Å². The predicted molar refractivity (Wildman–Crippen MR) is 87.6 cm³/mol. The molecule has 0 aromatic heterocycles. The van der Waals surface area contributed by atoms with Crippen molar-refractivity contribution in [2.24, 2.45) is 5.92 Å². The van der Waals surface area contributed by atoms with E-state index in [-0.39, 0.29) is 18.0 Å². The summed E-state index contributed by atoms with van der Waals surface area (Å²) in [4.78, 5) is 10.8. The predicted octanol–water partition coefficient (Wildman–Crippen LogP) is 2.85. The fraction of sp³-hybridized carbons (Fsp3) is 0.353. The van der Waals surface area contributed by atoms with Crippen molar-refractivity contribution < 1.29 is 22.7 Å². The minimum atomic E-state index is -4.10. The van der Waals surface area contributed by atoms with Crippen LogP contribution in [-0.4, -0.2) is 36.4 Å². The molecule has 2 unspecified atom stereocenters. The minimum Gasteiger partial charge on any atom is -0.481 e. The molecule has 3 rings (SSSR count). The zero-order chi connectivity index (χ0) is 17.5. The fourth-order valence-electron chi connectivity index (χ4n) is 3.15. The van der Waals surface area contributed by atoms with Crippen LogP contribution >= 0.6 is 0 Å². The Morgan fingerprint density at radius 2 is 1.92 bits per heavy atom. The van der Waals surface area contributed by atoms with Crippen molar-refractivity contribution in [3.8, 4) is 0 Å². The van der Waals surface area contributed by atoms with Crippen molar-refractivity contribution in [2.75, 3.05) is 6.54 Å². The van der Waals surface area contributed by atoms with Gasteiger partial charge in [0.1, 0.15) is 4.90 Å². The summed E-state index contributed by atoms with van der Waals surface area (Å²) in [7, 11) is -4.10. The Morgan fingerprint density at radius 3 is 2.62 bits per heavy atom. The lowest BCUT2D eigenvalue weighted by atomic mass is 9.96. The maximum Gasteiger partial charge on any atom is 0.307 e. The van der Waals surface area contributed by atoms with Crippen molar-refractivity contribution in [1.29, 1.82) is 0 Å². The lowest BCUT2D eigenvalue weighted by molar-refractivity contribution is -0.143. The van der Waals surface area contributed by atoms with Gasteiger partial charge in [-0.05, 0) is 31.2 Å². The van der Waals surface area contributed by atoms with Crippen LogP contribution in [0.1, 0.15) is 19.8 Å². The molecule has 0 aliphatic carbocycles. The molecular formula is C17H18FNO4S. The highest BCUT2D eigenvalue weighted by atomic mass is 32.2. The first-order valence-corrected chi connectivity index (χ1v) is 9.18. The topological polar surface area (TPSA) is 74.7 Å². The highest BCUT2D eigenvalue weighted by Gasteiger charge is 2.38. The molecule has 1 aliphatic rings. The molecule has 128 valence electrons. The number of nitrogens with zero attached hydrogens (tertiary/aromatic N) is 1. The number of carboxylic acids is 1. The summed E-state index contributed by atoms with van der Waals surface area (Å²) in [5.41, 5.74) is 0. The third-order valence-corrected chi connectivity index (χ3v) is 6.59. The quantitative estimate of drug-likeness (QED) is 0.923. The van der Waals surface area contributed by atoms with Crippen molar-refractivity contribution in [2.45, 2.75) is 30.7 Å². The summed E-state index contributed by atoms with van der Waals surface area (Å²) in [6, 6.07) is 9.09. The minimum absolute atomic E-state index is 0.134. The van der Waals surface area contributed by atoms with Gasteiger partial charge in [0.05, 0.1) is 5.92 Å². The van der Waals surface area contributed by atoms with Gasteiger partial charge in [0.25, 0.3) is 0 Å². The van der Waals surface area contributed by atoms with E-state index >= 15 is 0 Å². The van der Waals surface area contributed by atoms with Gasteiger partial charge in [-0.25, -0.2) is 12.8 Å². The number of carboxylic acid groups (broad SMARTS) is 1. The first-order valence-electron chi connectivity index (χ1n) is 7.74. The molecule has 0 radical (unpaired) electrons. The summed E-state index contributed by atoms with van der Waals surface area (Å²) in [5, 5.41) is 10.0.